The van der Waals surface area contributed by atoms with Gasteiger partial charge in [-0.3, -0.25) is 0 Å². The number of aryl methyl sites for hydroxylation is 1. The molecule has 2 aromatic rings. The van der Waals surface area contributed by atoms with Crippen LogP contribution in [0.2, 0.25) is 0 Å². The van der Waals surface area contributed by atoms with Crippen molar-refractivity contribution in [2.24, 2.45) is 0 Å². The number of halogens is 3. The highest BCUT2D eigenvalue weighted by Crippen LogP contribution is 2.46. The van der Waals surface area contributed by atoms with E-state index in [0.29, 0.717) is 5.69 Å². The second-order valence-electron chi connectivity index (χ2n) is 6.05. The zero-order valence-corrected chi connectivity index (χ0v) is 12.5. The van der Waals surface area contributed by atoms with Gasteiger partial charge in [0.05, 0.1) is 0 Å². The Balaban J connectivity index is 2.07. The molecule has 0 bridgehead atoms. The number of alkyl halides is 3. The van der Waals surface area contributed by atoms with E-state index >= 15 is 0 Å². The lowest BCUT2D eigenvalue weighted by Gasteiger charge is -2.36. The van der Waals surface area contributed by atoms with Crippen molar-refractivity contribution in [1.82, 2.24) is 0 Å². The summed E-state index contributed by atoms with van der Waals surface area (Å²) in [5.74, 6) is -0.217. The Bertz CT molecular complexity index is 735. The van der Waals surface area contributed by atoms with Gasteiger partial charge in [0.2, 0.25) is 0 Å². The number of anilines is 2. The molecule has 3 rings (SSSR count). The van der Waals surface area contributed by atoms with Crippen LogP contribution in [0, 0.1) is 6.92 Å². The Hall–Kier alpha value is -2.17. The van der Waals surface area contributed by atoms with E-state index < -0.39 is 6.36 Å². The number of rotatable bonds is 1. The molecule has 2 nitrogen and oxygen atoms in total. The van der Waals surface area contributed by atoms with E-state index in [4.69, 9.17) is 0 Å². The molecular formula is C17H16F3NO. The van der Waals surface area contributed by atoms with Gasteiger partial charge in [0.1, 0.15) is 5.75 Å². The largest absolute Gasteiger partial charge is 0.573 e. The lowest BCUT2D eigenvalue weighted by Crippen LogP contribution is -2.26. The first-order valence-corrected chi connectivity index (χ1v) is 6.95. The van der Waals surface area contributed by atoms with Crippen LogP contribution < -0.4 is 10.1 Å². The lowest BCUT2D eigenvalue weighted by atomic mass is 9.74. The average Bonchev–Trinajstić information content (AvgIpc) is 2.35. The van der Waals surface area contributed by atoms with Gasteiger partial charge in [0.15, 0.2) is 0 Å². The van der Waals surface area contributed by atoms with Crippen LogP contribution in [0.15, 0.2) is 36.4 Å². The van der Waals surface area contributed by atoms with Gasteiger partial charge in [-0.15, -0.1) is 13.2 Å². The van der Waals surface area contributed by atoms with Crippen LogP contribution in [-0.4, -0.2) is 6.36 Å². The molecule has 1 aliphatic heterocycles. The number of fused-ring (bicyclic) bond motifs is 2. The molecule has 0 spiro atoms. The van der Waals surface area contributed by atoms with E-state index in [-0.39, 0.29) is 11.2 Å². The number of nitrogens with one attached hydrogen (secondary N) is 1. The molecule has 116 valence electrons. The van der Waals surface area contributed by atoms with Crippen LogP contribution in [0.25, 0.3) is 0 Å². The normalized spacial score (nSPS) is 15.5. The number of hydrogen-bond donors (Lipinski definition) is 1. The SMILES string of the molecule is Cc1ccc2c(c1)Nc1cc(OC(F)(F)F)ccc1C2(C)C. The maximum atomic E-state index is 12.4. The molecule has 2 aromatic carbocycles. The van der Waals surface area contributed by atoms with Gasteiger partial charge in [-0.1, -0.05) is 32.0 Å². The molecule has 0 saturated carbocycles. The Morgan fingerprint density at radius 3 is 2.18 bits per heavy atom. The Morgan fingerprint density at radius 1 is 0.955 bits per heavy atom. The van der Waals surface area contributed by atoms with E-state index in [1.165, 1.54) is 12.1 Å². The minimum Gasteiger partial charge on any atom is -0.406 e. The van der Waals surface area contributed by atoms with Gasteiger partial charge in [0, 0.05) is 22.9 Å². The molecule has 1 N–H and O–H groups in total. The maximum absolute atomic E-state index is 12.4. The molecule has 0 fully saturated rings. The summed E-state index contributed by atoms with van der Waals surface area (Å²) in [4.78, 5) is 0. The maximum Gasteiger partial charge on any atom is 0.573 e. The smallest absolute Gasteiger partial charge is 0.406 e. The van der Waals surface area contributed by atoms with Gasteiger partial charge in [-0.05, 0) is 35.7 Å². The standard InChI is InChI=1S/C17H16F3NO/c1-10-4-6-12-14(8-10)21-15-9-11(22-17(18,19)20)5-7-13(15)16(12,2)3/h4-9,21H,1-3H3. The van der Waals surface area contributed by atoms with Crippen molar-refractivity contribution < 1.29 is 17.9 Å². The summed E-state index contributed by atoms with van der Waals surface area (Å²) in [5.41, 5.74) is 4.42. The van der Waals surface area contributed by atoms with Gasteiger partial charge in [-0.2, -0.15) is 0 Å². The average molecular weight is 307 g/mol. The quantitative estimate of drug-likeness (QED) is 0.774. The Morgan fingerprint density at radius 2 is 1.55 bits per heavy atom. The molecular weight excluding hydrogens is 291 g/mol. The highest BCUT2D eigenvalue weighted by atomic mass is 19.4. The van der Waals surface area contributed by atoms with Crippen LogP contribution in [0.3, 0.4) is 0 Å². The number of hydrogen-bond acceptors (Lipinski definition) is 2. The Labute approximate surface area is 126 Å². The summed E-state index contributed by atoms with van der Waals surface area (Å²) in [7, 11) is 0. The fourth-order valence-corrected chi connectivity index (χ4v) is 2.97. The van der Waals surface area contributed by atoms with E-state index in [1.54, 1.807) is 6.07 Å². The molecule has 0 atom stereocenters. The zero-order valence-electron chi connectivity index (χ0n) is 12.5. The van der Waals surface area contributed by atoms with Crippen molar-refractivity contribution in [2.75, 3.05) is 5.32 Å². The summed E-state index contributed by atoms with van der Waals surface area (Å²) in [6.07, 6.45) is -4.69. The summed E-state index contributed by atoms with van der Waals surface area (Å²) < 4.78 is 41.1. The third-order valence-electron chi connectivity index (χ3n) is 4.02. The monoisotopic (exact) mass is 307 g/mol. The Kier molecular flexibility index (Phi) is 3.13. The molecule has 0 unspecified atom stereocenters. The third-order valence-corrected chi connectivity index (χ3v) is 4.02. The predicted molar refractivity (Wildman–Crippen MR) is 79.7 cm³/mol. The first-order chi connectivity index (χ1) is 10.2. The zero-order chi connectivity index (χ0) is 16.1. The molecule has 0 saturated heterocycles. The van der Waals surface area contributed by atoms with Crippen molar-refractivity contribution in [3.8, 4) is 5.75 Å². The van der Waals surface area contributed by atoms with Crippen molar-refractivity contribution >= 4 is 11.4 Å². The van der Waals surface area contributed by atoms with Crippen LogP contribution in [-0.2, 0) is 5.41 Å². The second kappa shape index (κ2) is 4.66. The molecule has 22 heavy (non-hydrogen) atoms. The van der Waals surface area contributed by atoms with E-state index in [2.05, 4.69) is 30.0 Å². The molecule has 1 heterocycles. The highest BCUT2D eigenvalue weighted by Gasteiger charge is 2.35. The van der Waals surface area contributed by atoms with Crippen molar-refractivity contribution in [1.29, 1.82) is 0 Å². The number of ether oxygens (including phenoxy) is 1. The summed E-state index contributed by atoms with van der Waals surface area (Å²) in [6.45, 7) is 6.10. The molecule has 0 amide bonds. The van der Waals surface area contributed by atoms with Crippen LogP contribution >= 0.6 is 0 Å². The van der Waals surface area contributed by atoms with E-state index in [0.717, 1.165) is 22.4 Å². The molecule has 5 heteroatoms. The lowest BCUT2D eigenvalue weighted by molar-refractivity contribution is -0.274. The predicted octanol–water partition coefficient (Wildman–Crippen LogP) is 5.28. The van der Waals surface area contributed by atoms with Crippen molar-refractivity contribution in [3.63, 3.8) is 0 Å². The highest BCUT2D eigenvalue weighted by molar-refractivity contribution is 5.76. The molecule has 0 radical (unpaired) electrons. The van der Waals surface area contributed by atoms with Gasteiger partial charge < -0.3 is 10.1 Å². The first kappa shape index (κ1) is 14.8. The third kappa shape index (κ3) is 2.51. The second-order valence-corrected chi connectivity index (χ2v) is 6.05. The minimum absolute atomic E-state index is 0.217. The topological polar surface area (TPSA) is 21.3 Å². The molecule has 1 aliphatic rings. The summed E-state index contributed by atoms with van der Waals surface area (Å²) in [6, 6.07) is 10.5. The summed E-state index contributed by atoms with van der Waals surface area (Å²) in [5, 5.41) is 3.22. The summed E-state index contributed by atoms with van der Waals surface area (Å²) >= 11 is 0. The van der Waals surface area contributed by atoms with Crippen LogP contribution in [0.1, 0.15) is 30.5 Å². The van der Waals surface area contributed by atoms with Crippen molar-refractivity contribution in [3.05, 3.63) is 53.1 Å². The van der Waals surface area contributed by atoms with Crippen LogP contribution in [0.4, 0.5) is 24.5 Å². The van der Waals surface area contributed by atoms with Gasteiger partial charge in [0.25, 0.3) is 0 Å². The fourth-order valence-electron chi connectivity index (χ4n) is 2.97. The van der Waals surface area contributed by atoms with Gasteiger partial charge >= 0.3 is 6.36 Å². The first-order valence-electron chi connectivity index (χ1n) is 6.95. The fraction of sp³-hybridized carbons (Fsp3) is 0.294. The molecule has 0 aromatic heterocycles. The number of benzene rings is 2. The van der Waals surface area contributed by atoms with E-state index in [1.807, 2.05) is 19.1 Å². The van der Waals surface area contributed by atoms with Crippen molar-refractivity contribution in [2.45, 2.75) is 32.5 Å². The molecule has 0 aliphatic carbocycles. The van der Waals surface area contributed by atoms with Crippen LogP contribution in [0.5, 0.6) is 5.75 Å². The van der Waals surface area contributed by atoms with Gasteiger partial charge in [-0.25, -0.2) is 0 Å². The van der Waals surface area contributed by atoms with E-state index in [9.17, 15) is 13.2 Å². The minimum atomic E-state index is -4.69.